The van der Waals surface area contributed by atoms with Crippen LogP contribution in [0, 0.1) is 0 Å². The number of hydrogen-bond donors (Lipinski definition) is 3. The highest BCUT2D eigenvalue weighted by Gasteiger charge is 2.00. The van der Waals surface area contributed by atoms with Crippen LogP contribution in [0.1, 0.15) is 38.5 Å². The Morgan fingerprint density at radius 2 is 1.81 bits per heavy atom. The number of aldehydes is 1. The van der Waals surface area contributed by atoms with Crippen molar-refractivity contribution in [2.75, 3.05) is 6.54 Å². The van der Waals surface area contributed by atoms with Crippen molar-refractivity contribution in [2.24, 2.45) is 5.84 Å². The minimum atomic E-state index is -0.171. The molecule has 0 bridgehead atoms. The van der Waals surface area contributed by atoms with Gasteiger partial charge >= 0.3 is 0 Å². The van der Waals surface area contributed by atoms with E-state index in [0.717, 1.165) is 25.5 Å². The van der Waals surface area contributed by atoms with Gasteiger partial charge in [0.1, 0.15) is 6.29 Å². The quantitative estimate of drug-likeness (QED) is 0.165. The molecule has 0 aliphatic heterocycles. The van der Waals surface area contributed by atoms with Gasteiger partial charge in [0.05, 0.1) is 0 Å². The fourth-order valence-electron chi connectivity index (χ4n) is 1.17. The van der Waals surface area contributed by atoms with Crippen LogP contribution < -0.4 is 16.6 Å². The van der Waals surface area contributed by atoms with Crippen molar-refractivity contribution in [3.63, 3.8) is 0 Å². The SMILES string of the molecule is NNC(=O)CCCCCNC(=O)CCC=O. The van der Waals surface area contributed by atoms with Crippen LogP contribution in [-0.2, 0) is 14.4 Å². The molecule has 0 spiro atoms. The molecule has 0 saturated heterocycles. The predicted molar refractivity (Wildman–Crippen MR) is 59.1 cm³/mol. The molecule has 4 N–H and O–H groups in total. The minimum Gasteiger partial charge on any atom is -0.356 e. The van der Waals surface area contributed by atoms with Crippen molar-refractivity contribution in [1.82, 2.24) is 10.7 Å². The summed E-state index contributed by atoms with van der Waals surface area (Å²) in [6.45, 7) is 0.585. The molecule has 6 heteroatoms. The number of nitrogens with two attached hydrogens (primary N) is 1. The topological polar surface area (TPSA) is 101 Å². The zero-order valence-electron chi connectivity index (χ0n) is 9.33. The van der Waals surface area contributed by atoms with Gasteiger partial charge in [0.25, 0.3) is 0 Å². The van der Waals surface area contributed by atoms with Gasteiger partial charge in [-0.3, -0.25) is 15.0 Å². The molecule has 0 rings (SSSR count). The lowest BCUT2D eigenvalue weighted by Gasteiger charge is -2.03. The Morgan fingerprint density at radius 1 is 1.06 bits per heavy atom. The van der Waals surface area contributed by atoms with E-state index in [2.05, 4.69) is 10.7 Å². The molecule has 0 heterocycles. The number of hydrogen-bond acceptors (Lipinski definition) is 4. The van der Waals surface area contributed by atoms with Crippen molar-refractivity contribution in [1.29, 1.82) is 0 Å². The summed E-state index contributed by atoms with van der Waals surface area (Å²) in [7, 11) is 0. The Kier molecular flexibility index (Phi) is 9.20. The van der Waals surface area contributed by atoms with E-state index in [-0.39, 0.29) is 24.7 Å². The zero-order chi connectivity index (χ0) is 12.2. The summed E-state index contributed by atoms with van der Waals surface area (Å²) in [6, 6.07) is 0. The second kappa shape index (κ2) is 10.1. The van der Waals surface area contributed by atoms with Gasteiger partial charge in [-0.2, -0.15) is 0 Å². The number of amides is 2. The number of nitrogens with one attached hydrogen (secondary N) is 2. The lowest BCUT2D eigenvalue weighted by atomic mass is 10.2. The highest BCUT2D eigenvalue weighted by atomic mass is 16.2. The lowest BCUT2D eigenvalue weighted by molar-refractivity contribution is -0.122. The fraction of sp³-hybridized carbons (Fsp3) is 0.700. The van der Waals surface area contributed by atoms with Crippen molar-refractivity contribution in [3.8, 4) is 0 Å². The van der Waals surface area contributed by atoms with Crippen molar-refractivity contribution < 1.29 is 14.4 Å². The molecule has 92 valence electrons. The fourth-order valence-corrected chi connectivity index (χ4v) is 1.17. The maximum atomic E-state index is 11.0. The van der Waals surface area contributed by atoms with Crippen LogP contribution in [0.2, 0.25) is 0 Å². The Hall–Kier alpha value is -1.43. The molecule has 0 aromatic rings. The summed E-state index contributed by atoms with van der Waals surface area (Å²) in [6.07, 6.45) is 4.10. The second-order valence-electron chi connectivity index (χ2n) is 3.43. The van der Waals surface area contributed by atoms with E-state index in [9.17, 15) is 14.4 Å². The minimum absolute atomic E-state index is 0.105. The van der Waals surface area contributed by atoms with E-state index >= 15 is 0 Å². The molecular weight excluding hydrogens is 210 g/mol. The van der Waals surface area contributed by atoms with Gasteiger partial charge in [0.15, 0.2) is 0 Å². The number of rotatable bonds is 9. The Balaban J connectivity index is 3.23. The Morgan fingerprint density at radius 3 is 2.44 bits per heavy atom. The molecule has 0 aromatic heterocycles. The Labute approximate surface area is 94.9 Å². The van der Waals surface area contributed by atoms with Gasteiger partial charge in [0, 0.05) is 25.8 Å². The molecule has 0 atom stereocenters. The molecule has 0 aromatic carbocycles. The van der Waals surface area contributed by atoms with Gasteiger partial charge in [0.2, 0.25) is 11.8 Å². The summed E-state index contributed by atoms with van der Waals surface area (Å²) in [4.78, 5) is 31.8. The third-order valence-electron chi connectivity index (χ3n) is 2.05. The van der Waals surface area contributed by atoms with Gasteiger partial charge < -0.3 is 10.1 Å². The van der Waals surface area contributed by atoms with Gasteiger partial charge in [-0.1, -0.05) is 6.42 Å². The first kappa shape index (κ1) is 14.6. The highest BCUT2D eigenvalue weighted by Crippen LogP contribution is 1.98. The summed E-state index contributed by atoms with van der Waals surface area (Å²) >= 11 is 0. The number of unbranched alkanes of at least 4 members (excludes halogenated alkanes) is 2. The monoisotopic (exact) mass is 229 g/mol. The van der Waals surface area contributed by atoms with Crippen LogP contribution >= 0.6 is 0 Å². The molecule has 0 fully saturated rings. The average Bonchev–Trinajstić information content (AvgIpc) is 2.30. The summed E-state index contributed by atoms with van der Waals surface area (Å²) in [5, 5.41) is 2.70. The second-order valence-corrected chi connectivity index (χ2v) is 3.43. The maximum Gasteiger partial charge on any atom is 0.233 e. The molecule has 0 aliphatic carbocycles. The predicted octanol–water partition coefficient (Wildman–Crippen LogP) is -0.368. The standard InChI is InChI=1S/C10H19N3O3/c11-13-10(16)5-2-1-3-7-12-9(15)6-4-8-14/h8H,1-7,11H2,(H,12,15)(H,13,16). The smallest absolute Gasteiger partial charge is 0.233 e. The van der Waals surface area contributed by atoms with Crippen molar-refractivity contribution >= 4 is 18.1 Å². The summed E-state index contributed by atoms with van der Waals surface area (Å²) < 4.78 is 0. The number of carbonyl (C=O) groups excluding carboxylic acids is 3. The molecular formula is C10H19N3O3. The normalized spacial score (nSPS) is 9.56. The molecule has 0 radical (unpaired) electrons. The van der Waals surface area contributed by atoms with E-state index in [0.29, 0.717) is 13.0 Å². The first-order valence-electron chi connectivity index (χ1n) is 5.40. The van der Waals surface area contributed by atoms with E-state index in [1.54, 1.807) is 0 Å². The maximum absolute atomic E-state index is 11.0. The first-order valence-corrected chi connectivity index (χ1v) is 5.40. The van der Waals surface area contributed by atoms with Gasteiger partial charge in [-0.05, 0) is 12.8 Å². The van der Waals surface area contributed by atoms with Crippen LogP contribution in [0.3, 0.4) is 0 Å². The van der Waals surface area contributed by atoms with Crippen LogP contribution in [0.25, 0.3) is 0 Å². The number of hydrazine groups is 1. The summed E-state index contributed by atoms with van der Waals surface area (Å²) in [5.41, 5.74) is 2.06. The molecule has 6 nitrogen and oxygen atoms in total. The number of carbonyl (C=O) groups is 3. The highest BCUT2D eigenvalue weighted by molar-refractivity contribution is 5.78. The van der Waals surface area contributed by atoms with Crippen LogP contribution in [0.5, 0.6) is 0 Å². The van der Waals surface area contributed by atoms with Crippen LogP contribution in [-0.4, -0.2) is 24.6 Å². The van der Waals surface area contributed by atoms with Crippen molar-refractivity contribution in [2.45, 2.75) is 38.5 Å². The molecule has 2 amide bonds. The molecule has 0 unspecified atom stereocenters. The van der Waals surface area contributed by atoms with E-state index < -0.39 is 0 Å². The van der Waals surface area contributed by atoms with Gasteiger partial charge in [-0.25, -0.2) is 5.84 Å². The van der Waals surface area contributed by atoms with Gasteiger partial charge in [-0.15, -0.1) is 0 Å². The zero-order valence-corrected chi connectivity index (χ0v) is 9.33. The molecule has 16 heavy (non-hydrogen) atoms. The Bertz CT molecular complexity index is 231. The molecule has 0 aliphatic rings. The van der Waals surface area contributed by atoms with E-state index in [1.165, 1.54) is 0 Å². The average molecular weight is 229 g/mol. The van der Waals surface area contributed by atoms with Crippen molar-refractivity contribution in [3.05, 3.63) is 0 Å². The van der Waals surface area contributed by atoms with Crippen LogP contribution in [0.4, 0.5) is 0 Å². The largest absolute Gasteiger partial charge is 0.356 e. The van der Waals surface area contributed by atoms with Crippen LogP contribution in [0.15, 0.2) is 0 Å². The van der Waals surface area contributed by atoms with E-state index in [4.69, 9.17) is 5.84 Å². The van der Waals surface area contributed by atoms with E-state index in [1.807, 2.05) is 0 Å². The lowest BCUT2D eigenvalue weighted by Crippen LogP contribution is -2.29. The third kappa shape index (κ3) is 9.14. The summed E-state index contributed by atoms with van der Waals surface area (Å²) in [5.74, 6) is 4.64. The molecule has 0 saturated carbocycles. The first-order chi connectivity index (χ1) is 7.70. The third-order valence-corrected chi connectivity index (χ3v) is 2.05.